The van der Waals surface area contributed by atoms with Gasteiger partial charge in [0.1, 0.15) is 18.0 Å². The molecule has 1 saturated heterocycles. The number of ether oxygens (including phenoxy) is 2. The lowest BCUT2D eigenvalue weighted by Crippen LogP contribution is -2.38. The number of esters is 2. The molecule has 6 atom stereocenters. The fraction of sp³-hybridized carbons (Fsp3) is 0.652. The summed E-state index contributed by atoms with van der Waals surface area (Å²) >= 11 is 0. The van der Waals surface area contributed by atoms with Crippen LogP contribution in [-0.4, -0.2) is 31.2 Å². The number of carbonyl (C=O) groups is 2. The number of hydrogen-bond donors (Lipinski definition) is 1. The van der Waals surface area contributed by atoms with Crippen molar-refractivity contribution in [1.82, 2.24) is 5.32 Å². The Balaban J connectivity index is 1.79. The standard InChI is InChI=1S/C23H32FNO4/c1-13(2)17-10-5-14(3)11-20(17)29-22(26)18-12-19(23(27)28-4)25-21(18)15-6-8-16(24)9-7-15/h6-9,13-14,17-21,25H,5,10-12H2,1-4H3/t14-,17+,18+,19+,20-,21+/m1/s1. The number of carbonyl (C=O) groups excluding carboxylic acids is 2. The van der Waals surface area contributed by atoms with Crippen LogP contribution < -0.4 is 5.32 Å². The first-order chi connectivity index (χ1) is 13.8. The van der Waals surface area contributed by atoms with E-state index in [9.17, 15) is 14.0 Å². The molecular weight excluding hydrogens is 373 g/mol. The van der Waals surface area contributed by atoms with Crippen LogP contribution in [0.4, 0.5) is 4.39 Å². The van der Waals surface area contributed by atoms with E-state index in [0.29, 0.717) is 24.2 Å². The molecule has 3 rings (SSSR count). The molecule has 2 aliphatic rings. The van der Waals surface area contributed by atoms with Crippen molar-refractivity contribution in [2.24, 2.45) is 23.7 Å². The van der Waals surface area contributed by atoms with Crippen LogP contribution in [0.2, 0.25) is 0 Å². The van der Waals surface area contributed by atoms with E-state index in [2.05, 4.69) is 26.1 Å². The van der Waals surface area contributed by atoms with Gasteiger partial charge in [-0.2, -0.15) is 0 Å². The van der Waals surface area contributed by atoms with Crippen molar-refractivity contribution in [2.75, 3.05) is 7.11 Å². The molecule has 5 nitrogen and oxygen atoms in total. The predicted octanol–water partition coefficient (Wildman–Crippen LogP) is 4.02. The smallest absolute Gasteiger partial charge is 0.322 e. The van der Waals surface area contributed by atoms with E-state index in [1.54, 1.807) is 12.1 Å². The molecular formula is C23H32FNO4. The summed E-state index contributed by atoms with van der Waals surface area (Å²) in [6.07, 6.45) is 3.30. The fourth-order valence-corrected chi connectivity index (χ4v) is 4.82. The van der Waals surface area contributed by atoms with E-state index in [1.165, 1.54) is 19.2 Å². The van der Waals surface area contributed by atoms with Gasteiger partial charge < -0.3 is 9.47 Å². The Morgan fingerprint density at radius 1 is 1.10 bits per heavy atom. The van der Waals surface area contributed by atoms with Gasteiger partial charge in [-0.1, -0.05) is 39.3 Å². The van der Waals surface area contributed by atoms with Crippen LogP contribution in [0.15, 0.2) is 24.3 Å². The largest absolute Gasteiger partial charge is 0.468 e. The van der Waals surface area contributed by atoms with Gasteiger partial charge in [-0.25, -0.2) is 4.39 Å². The summed E-state index contributed by atoms with van der Waals surface area (Å²) in [5, 5.41) is 3.19. The monoisotopic (exact) mass is 405 g/mol. The summed E-state index contributed by atoms with van der Waals surface area (Å²) < 4.78 is 24.3. The van der Waals surface area contributed by atoms with Crippen LogP contribution in [0.25, 0.3) is 0 Å². The number of halogens is 1. The van der Waals surface area contributed by atoms with Gasteiger partial charge >= 0.3 is 11.9 Å². The molecule has 1 heterocycles. The average Bonchev–Trinajstić information content (AvgIpc) is 3.13. The zero-order valence-corrected chi connectivity index (χ0v) is 17.7. The topological polar surface area (TPSA) is 64.6 Å². The second kappa shape index (κ2) is 9.24. The Bertz CT molecular complexity index is 720. The lowest BCUT2D eigenvalue weighted by Gasteiger charge is -2.37. The number of nitrogens with one attached hydrogen (secondary N) is 1. The molecule has 0 aromatic heterocycles. The van der Waals surface area contributed by atoms with Crippen LogP contribution in [0, 0.1) is 29.5 Å². The summed E-state index contributed by atoms with van der Waals surface area (Å²) in [7, 11) is 1.33. The molecule has 0 bridgehead atoms. The third-order valence-corrected chi connectivity index (χ3v) is 6.52. The predicted molar refractivity (Wildman–Crippen MR) is 107 cm³/mol. The first kappa shape index (κ1) is 21.8. The van der Waals surface area contributed by atoms with Crippen molar-refractivity contribution in [3.05, 3.63) is 35.6 Å². The third-order valence-electron chi connectivity index (χ3n) is 6.52. The minimum absolute atomic E-state index is 0.0997. The van der Waals surface area contributed by atoms with Gasteiger partial charge in [0, 0.05) is 6.04 Å². The van der Waals surface area contributed by atoms with E-state index >= 15 is 0 Å². The van der Waals surface area contributed by atoms with Crippen LogP contribution in [0.3, 0.4) is 0 Å². The maximum Gasteiger partial charge on any atom is 0.322 e. The SMILES string of the molecule is COC(=O)[C@@H]1C[C@H](C(=O)O[C@@H]2C[C@H](C)CC[C@H]2C(C)C)[C@H](c2ccc(F)cc2)N1. The molecule has 2 fully saturated rings. The summed E-state index contributed by atoms with van der Waals surface area (Å²) in [5.74, 6) is -0.231. The molecule has 0 amide bonds. The summed E-state index contributed by atoms with van der Waals surface area (Å²) in [6, 6.07) is 5.02. The molecule has 6 heteroatoms. The van der Waals surface area contributed by atoms with Gasteiger partial charge in [-0.15, -0.1) is 0 Å². The number of benzene rings is 1. The van der Waals surface area contributed by atoms with Crippen molar-refractivity contribution in [2.45, 2.75) is 64.6 Å². The Kier molecular flexibility index (Phi) is 6.93. The molecule has 1 aromatic carbocycles. The zero-order valence-electron chi connectivity index (χ0n) is 17.7. The van der Waals surface area contributed by atoms with Gasteiger partial charge in [-0.3, -0.25) is 14.9 Å². The third kappa shape index (κ3) is 4.97. The van der Waals surface area contributed by atoms with Crippen LogP contribution in [0.5, 0.6) is 0 Å². The van der Waals surface area contributed by atoms with Gasteiger partial charge in [0.05, 0.1) is 13.0 Å². The van der Waals surface area contributed by atoms with Gasteiger partial charge in [0.25, 0.3) is 0 Å². The highest BCUT2D eigenvalue weighted by Gasteiger charge is 2.45. The number of methoxy groups -OCH3 is 1. The first-order valence-electron chi connectivity index (χ1n) is 10.6. The quantitative estimate of drug-likeness (QED) is 0.750. The van der Waals surface area contributed by atoms with Crippen molar-refractivity contribution in [1.29, 1.82) is 0 Å². The molecule has 1 aliphatic carbocycles. The zero-order chi connectivity index (χ0) is 21.1. The van der Waals surface area contributed by atoms with E-state index < -0.39 is 24.0 Å². The maximum absolute atomic E-state index is 13.4. The Morgan fingerprint density at radius 3 is 2.41 bits per heavy atom. The molecule has 1 saturated carbocycles. The molecule has 160 valence electrons. The van der Waals surface area contributed by atoms with Crippen LogP contribution in [-0.2, 0) is 19.1 Å². The molecule has 29 heavy (non-hydrogen) atoms. The first-order valence-corrected chi connectivity index (χ1v) is 10.6. The molecule has 0 radical (unpaired) electrons. The van der Waals surface area contributed by atoms with Gasteiger partial charge in [0.15, 0.2) is 0 Å². The molecule has 1 aliphatic heterocycles. The van der Waals surface area contributed by atoms with Crippen molar-refractivity contribution >= 4 is 11.9 Å². The highest BCUT2D eigenvalue weighted by Crippen LogP contribution is 2.39. The van der Waals surface area contributed by atoms with Crippen molar-refractivity contribution < 1.29 is 23.5 Å². The van der Waals surface area contributed by atoms with Crippen molar-refractivity contribution in [3.8, 4) is 0 Å². The second-order valence-corrected chi connectivity index (χ2v) is 8.92. The minimum Gasteiger partial charge on any atom is -0.468 e. The Labute approximate surface area is 172 Å². The summed E-state index contributed by atoms with van der Waals surface area (Å²) in [6.45, 7) is 6.55. The Morgan fingerprint density at radius 2 is 1.79 bits per heavy atom. The molecule has 0 unspecified atom stereocenters. The lowest BCUT2D eigenvalue weighted by molar-refractivity contribution is -0.161. The normalized spacial score (nSPS) is 32.2. The van der Waals surface area contributed by atoms with E-state index in [0.717, 1.165) is 24.8 Å². The van der Waals surface area contributed by atoms with Crippen molar-refractivity contribution in [3.63, 3.8) is 0 Å². The second-order valence-electron chi connectivity index (χ2n) is 8.92. The molecule has 0 spiro atoms. The summed E-state index contributed by atoms with van der Waals surface area (Å²) in [5.41, 5.74) is 0.761. The Hall–Kier alpha value is -1.95. The lowest BCUT2D eigenvalue weighted by atomic mass is 9.75. The highest BCUT2D eigenvalue weighted by atomic mass is 19.1. The minimum atomic E-state index is -0.584. The fourth-order valence-electron chi connectivity index (χ4n) is 4.82. The average molecular weight is 406 g/mol. The van der Waals surface area contributed by atoms with E-state index in [4.69, 9.17) is 9.47 Å². The summed E-state index contributed by atoms with van der Waals surface area (Å²) in [4.78, 5) is 25.3. The van der Waals surface area contributed by atoms with Crippen LogP contribution >= 0.6 is 0 Å². The van der Waals surface area contributed by atoms with Gasteiger partial charge in [0.2, 0.25) is 0 Å². The van der Waals surface area contributed by atoms with Crippen LogP contribution in [0.1, 0.15) is 58.1 Å². The number of rotatable bonds is 5. The highest BCUT2D eigenvalue weighted by molar-refractivity contribution is 5.80. The molecule has 1 N–H and O–H groups in total. The van der Waals surface area contributed by atoms with E-state index in [1.807, 2.05) is 0 Å². The van der Waals surface area contributed by atoms with Gasteiger partial charge in [-0.05, 0) is 54.7 Å². The van der Waals surface area contributed by atoms with E-state index in [-0.39, 0.29) is 17.9 Å². The maximum atomic E-state index is 13.4. The molecule has 1 aromatic rings. The number of hydrogen-bond acceptors (Lipinski definition) is 5.